The number of aromatic nitrogens is 1. The number of fused-ring (bicyclic) bond motifs is 1. The van der Waals surface area contributed by atoms with Crippen LogP contribution in [0, 0.1) is 0 Å². The van der Waals surface area contributed by atoms with Crippen molar-refractivity contribution in [1.82, 2.24) is 14.4 Å². The molecule has 26 heavy (non-hydrogen) atoms. The molecule has 1 aliphatic heterocycles. The van der Waals surface area contributed by atoms with Gasteiger partial charge in [-0.15, -0.1) is 0 Å². The molecule has 140 valence electrons. The Morgan fingerprint density at radius 2 is 1.69 bits per heavy atom. The highest BCUT2D eigenvalue weighted by Crippen LogP contribution is 2.16. The van der Waals surface area contributed by atoms with Gasteiger partial charge in [-0.05, 0) is 44.7 Å². The van der Waals surface area contributed by atoms with Crippen LogP contribution in [-0.2, 0) is 16.1 Å². The first kappa shape index (κ1) is 18.3. The van der Waals surface area contributed by atoms with Gasteiger partial charge in [0.1, 0.15) is 12.1 Å². The standard InChI is InChI=1S/C20H27N3O3/c1-20(2,3)26-19(25)22-11-6-10-21(13-14-22)18(24)15-23-12-9-16-7-4-5-8-17(16)23/h4-5,7-9,12H,6,10-11,13-15H2,1-3H3. The minimum absolute atomic E-state index is 0.0809. The molecule has 0 spiro atoms. The van der Waals surface area contributed by atoms with E-state index in [9.17, 15) is 9.59 Å². The van der Waals surface area contributed by atoms with Crippen LogP contribution in [0.25, 0.3) is 10.9 Å². The van der Waals surface area contributed by atoms with Crippen molar-refractivity contribution in [2.75, 3.05) is 26.2 Å². The fraction of sp³-hybridized carbons (Fsp3) is 0.500. The summed E-state index contributed by atoms with van der Waals surface area (Å²) < 4.78 is 7.42. The predicted molar refractivity (Wildman–Crippen MR) is 101 cm³/mol. The van der Waals surface area contributed by atoms with Crippen molar-refractivity contribution in [3.63, 3.8) is 0 Å². The third kappa shape index (κ3) is 4.36. The van der Waals surface area contributed by atoms with Crippen LogP contribution in [-0.4, -0.2) is 58.1 Å². The lowest BCUT2D eigenvalue weighted by atomic mass is 10.2. The zero-order valence-corrected chi connectivity index (χ0v) is 15.8. The van der Waals surface area contributed by atoms with Crippen molar-refractivity contribution >= 4 is 22.9 Å². The van der Waals surface area contributed by atoms with E-state index in [-0.39, 0.29) is 12.0 Å². The Kier molecular flexibility index (Phi) is 5.20. The van der Waals surface area contributed by atoms with Gasteiger partial charge in [-0.3, -0.25) is 4.79 Å². The lowest BCUT2D eigenvalue weighted by Gasteiger charge is -2.26. The predicted octanol–water partition coefficient (Wildman–Crippen LogP) is 3.11. The second-order valence-electron chi connectivity index (χ2n) is 7.70. The number of amides is 2. The zero-order chi connectivity index (χ0) is 18.7. The van der Waals surface area contributed by atoms with Gasteiger partial charge in [0.25, 0.3) is 0 Å². The number of nitrogens with zero attached hydrogens (tertiary/aromatic N) is 3. The van der Waals surface area contributed by atoms with Crippen molar-refractivity contribution < 1.29 is 14.3 Å². The highest BCUT2D eigenvalue weighted by atomic mass is 16.6. The molecule has 1 saturated heterocycles. The molecule has 6 nitrogen and oxygen atoms in total. The Balaban J connectivity index is 1.60. The number of ether oxygens (including phenoxy) is 1. The summed E-state index contributed by atoms with van der Waals surface area (Å²) in [6.07, 6.45) is 2.41. The van der Waals surface area contributed by atoms with Crippen LogP contribution in [0.5, 0.6) is 0 Å². The minimum atomic E-state index is -0.506. The van der Waals surface area contributed by atoms with E-state index in [1.165, 1.54) is 0 Å². The van der Waals surface area contributed by atoms with Gasteiger partial charge in [0.2, 0.25) is 5.91 Å². The maximum atomic E-state index is 12.7. The van der Waals surface area contributed by atoms with Gasteiger partial charge in [0.05, 0.1) is 0 Å². The molecule has 0 radical (unpaired) electrons. The molecule has 1 aliphatic rings. The van der Waals surface area contributed by atoms with E-state index in [0.717, 1.165) is 17.3 Å². The van der Waals surface area contributed by atoms with Crippen LogP contribution in [0.4, 0.5) is 4.79 Å². The Morgan fingerprint density at radius 1 is 1.00 bits per heavy atom. The van der Waals surface area contributed by atoms with E-state index in [4.69, 9.17) is 4.74 Å². The van der Waals surface area contributed by atoms with Gasteiger partial charge in [0.15, 0.2) is 0 Å². The molecule has 0 bridgehead atoms. The number of carbonyl (C=O) groups is 2. The van der Waals surface area contributed by atoms with Crippen molar-refractivity contribution in [2.45, 2.75) is 39.3 Å². The monoisotopic (exact) mass is 357 g/mol. The molecule has 0 atom stereocenters. The molecule has 6 heteroatoms. The highest BCUT2D eigenvalue weighted by Gasteiger charge is 2.26. The summed E-state index contributed by atoms with van der Waals surface area (Å²) in [6.45, 7) is 8.23. The summed E-state index contributed by atoms with van der Waals surface area (Å²) >= 11 is 0. The Labute approximate surface area is 154 Å². The topological polar surface area (TPSA) is 54.8 Å². The molecule has 2 heterocycles. The van der Waals surface area contributed by atoms with Crippen LogP contribution in [0.15, 0.2) is 36.5 Å². The summed E-state index contributed by atoms with van der Waals surface area (Å²) in [5, 5.41) is 1.13. The fourth-order valence-corrected chi connectivity index (χ4v) is 3.20. The Bertz CT molecular complexity index is 791. The number of carbonyl (C=O) groups excluding carboxylic acids is 2. The molecule has 0 aliphatic carbocycles. The summed E-state index contributed by atoms with van der Waals surface area (Å²) in [7, 11) is 0. The Hall–Kier alpha value is -2.50. The van der Waals surface area contributed by atoms with Crippen LogP contribution < -0.4 is 0 Å². The van der Waals surface area contributed by atoms with Crippen LogP contribution in [0.3, 0.4) is 0 Å². The smallest absolute Gasteiger partial charge is 0.410 e. The molecule has 0 unspecified atom stereocenters. The first-order valence-electron chi connectivity index (χ1n) is 9.13. The number of rotatable bonds is 2. The maximum absolute atomic E-state index is 12.7. The largest absolute Gasteiger partial charge is 0.444 e. The van der Waals surface area contributed by atoms with Gasteiger partial charge >= 0.3 is 6.09 Å². The number of hydrogen-bond donors (Lipinski definition) is 0. The van der Waals surface area contributed by atoms with Gasteiger partial charge < -0.3 is 19.1 Å². The number of benzene rings is 1. The molecule has 0 N–H and O–H groups in total. The SMILES string of the molecule is CC(C)(C)OC(=O)N1CCCN(C(=O)Cn2ccc3ccccc32)CC1. The second-order valence-corrected chi connectivity index (χ2v) is 7.70. The lowest BCUT2D eigenvalue weighted by Crippen LogP contribution is -2.40. The second kappa shape index (κ2) is 7.40. The molecule has 0 saturated carbocycles. The fourth-order valence-electron chi connectivity index (χ4n) is 3.20. The molecule has 1 fully saturated rings. The Morgan fingerprint density at radius 3 is 2.46 bits per heavy atom. The molecule has 2 aromatic rings. The molecule has 1 aromatic carbocycles. The van der Waals surface area contributed by atoms with Crippen molar-refractivity contribution in [2.24, 2.45) is 0 Å². The molecular formula is C20H27N3O3. The van der Waals surface area contributed by atoms with Crippen LogP contribution in [0.2, 0.25) is 0 Å². The molecule has 2 amide bonds. The number of para-hydroxylation sites is 1. The van der Waals surface area contributed by atoms with Crippen molar-refractivity contribution in [3.8, 4) is 0 Å². The summed E-state index contributed by atoms with van der Waals surface area (Å²) in [6, 6.07) is 10.1. The average molecular weight is 357 g/mol. The van der Waals surface area contributed by atoms with Gasteiger partial charge in [-0.25, -0.2) is 4.79 Å². The summed E-state index contributed by atoms with van der Waals surface area (Å²) in [5.41, 5.74) is 0.556. The van der Waals surface area contributed by atoms with Gasteiger partial charge in [-0.1, -0.05) is 18.2 Å². The van der Waals surface area contributed by atoms with Crippen LogP contribution >= 0.6 is 0 Å². The zero-order valence-electron chi connectivity index (χ0n) is 15.8. The maximum Gasteiger partial charge on any atom is 0.410 e. The summed E-state index contributed by atoms with van der Waals surface area (Å²) in [5.74, 6) is 0.0809. The third-order valence-corrected chi connectivity index (χ3v) is 4.49. The normalized spacial score (nSPS) is 15.8. The van der Waals surface area contributed by atoms with E-state index in [1.807, 2.05) is 66.8 Å². The van der Waals surface area contributed by atoms with E-state index in [0.29, 0.717) is 32.7 Å². The first-order valence-corrected chi connectivity index (χ1v) is 9.13. The molecule has 3 rings (SSSR count). The number of hydrogen-bond acceptors (Lipinski definition) is 3. The van der Waals surface area contributed by atoms with E-state index < -0.39 is 5.60 Å². The lowest BCUT2D eigenvalue weighted by molar-refractivity contribution is -0.131. The van der Waals surface area contributed by atoms with E-state index in [2.05, 4.69) is 0 Å². The van der Waals surface area contributed by atoms with Gasteiger partial charge in [-0.2, -0.15) is 0 Å². The third-order valence-electron chi connectivity index (χ3n) is 4.49. The summed E-state index contributed by atoms with van der Waals surface area (Å²) in [4.78, 5) is 28.5. The average Bonchev–Trinajstić information content (AvgIpc) is 2.81. The first-order chi connectivity index (χ1) is 12.3. The minimum Gasteiger partial charge on any atom is -0.444 e. The van der Waals surface area contributed by atoms with E-state index >= 15 is 0 Å². The highest BCUT2D eigenvalue weighted by molar-refractivity contribution is 5.83. The van der Waals surface area contributed by atoms with Crippen molar-refractivity contribution in [3.05, 3.63) is 36.5 Å². The van der Waals surface area contributed by atoms with Crippen molar-refractivity contribution in [1.29, 1.82) is 0 Å². The van der Waals surface area contributed by atoms with Crippen LogP contribution in [0.1, 0.15) is 27.2 Å². The molecule has 1 aromatic heterocycles. The molecular weight excluding hydrogens is 330 g/mol. The van der Waals surface area contributed by atoms with Gasteiger partial charge in [0, 0.05) is 37.9 Å². The van der Waals surface area contributed by atoms with E-state index in [1.54, 1.807) is 4.90 Å². The quantitative estimate of drug-likeness (QED) is 0.830.